The van der Waals surface area contributed by atoms with E-state index in [-0.39, 0.29) is 5.91 Å². The highest BCUT2D eigenvalue weighted by Gasteiger charge is 2.14. The number of hydrogen-bond donors (Lipinski definition) is 1. The van der Waals surface area contributed by atoms with Crippen molar-refractivity contribution in [3.63, 3.8) is 0 Å². The maximum atomic E-state index is 12.2. The molecule has 1 aromatic carbocycles. The van der Waals surface area contributed by atoms with Crippen LogP contribution < -0.4 is 14.8 Å². The van der Waals surface area contributed by atoms with Crippen LogP contribution >= 0.6 is 11.3 Å². The minimum absolute atomic E-state index is 0.0253. The van der Waals surface area contributed by atoms with Crippen molar-refractivity contribution in [3.8, 4) is 11.5 Å². The van der Waals surface area contributed by atoms with Crippen LogP contribution in [-0.2, 0) is 13.0 Å². The largest absolute Gasteiger partial charge is 0.486 e. The molecule has 0 radical (unpaired) electrons. The standard InChI is InChI=1S/C17H19NO3S/c1-3-15-11(2)8-16(22-15)17(19)18-10-12-4-5-13-14(9-12)21-7-6-20-13/h4-5,8-9H,3,6-7,10H2,1-2H3,(H,18,19). The number of fused-ring (bicyclic) bond motifs is 1. The van der Waals surface area contributed by atoms with E-state index >= 15 is 0 Å². The summed E-state index contributed by atoms with van der Waals surface area (Å²) in [5.41, 5.74) is 2.19. The van der Waals surface area contributed by atoms with E-state index in [4.69, 9.17) is 9.47 Å². The first-order valence-corrected chi connectivity index (χ1v) is 8.25. The Labute approximate surface area is 134 Å². The third-order valence-corrected chi connectivity index (χ3v) is 5.01. The molecule has 1 N–H and O–H groups in total. The van der Waals surface area contributed by atoms with Crippen molar-refractivity contribution in [2.45, 2.75) is 26.8 Å². The lowest BCUT2D eigenvalue weighted by Gasteiger charge is -2.18. The third-order valence-electron chi connectivity index (χ3n) is 3.63. The number of carbonyl (C=O) groups is 1. The molecule has 2 aromatic rings. The predicted octanol–water partition coefficient (Wildman–Crippen LogP) is 3.32. The summed E-state index contributed by atoms with van der Waals surface area (Å²) < 4.78 is 11.0. The second kappa shape index (κ2) is 6.40. The van der Waals surface area contributed by atoms with Crippen molar-refractivity contribution in [1.29, 1.82) is 0 Å². The van der Waals surface area contributed by atoms with Gasteiger partial charge in [0.05, 0.1) is 4.88 Å². The number of thiophene rings is 1. The Morgan fingerprint density at radius 3 is 2.73 bits per heavy atom. The first-order valence-electron chi connectivity index (χ1n) is 7.43. The lowest BCUT2D eigenvalue weighted by atomic mass is 10.2. The number of rotatable bonds is 4. The molecule has 0 saturated heterocycles. The van der Waals surface area contributed by atoms with Crippen LogP contribution in [-0.4, -0.2) is 19.1 Å². The van der Waals surface area contributed by atoms with E-state index in [9.17, 15) is 4.79 Å². The summed E-state index contributed by atoms with van der Waals surface area (Å²) >= 11 is 1.57. The summed E-state index contributed by atoms with van der Waals surface area (Å²) in [5.74, 6) is 1.49. The lowest BCUT2D eigenvalue weighted by Crippen LogP contribution is -2.22. The van der Waals surface area contributed by atoms with Crippen LogP contribution in [0, 0.1) is 6.92 Å². The topological polar surface area (TPSA) is 47.6 Å². The van der Waals surface area contributed by atoms with Gasteiger partial charge in [0, 0.05) is 11.4 Å². The summed E-state index contributed by atoms with van der Waals surface area (Å²) in [5, 5.41) is 2.96. The highest BCUT2D eigenvalue weighted by molar-refractivity contribution is 7.14. The van der Waals surface area contributed by atoms with E-state index in [0.29, 0.717) is 19.8 Å². The molecule has 0 unspecified atom stereocenters. The number of aryl methyl sites for hydroxylation is 2. The molecule has 0 bridgehead atoms. The Bertz CT molecular complexity index is 693. The monoisotopic (exact) mass is 317 g/mol. The van der Waals surface area contributed by atoms with Crippen LogP contribution in [0.4, 0.5) is 0 Å². The van der Waals surface area contributed by atoms with Gasteiger partial charge in [-0.15, -0.1) is 11.3 Å². The average Bonchev–Trinajstić information content (AvgIpc) is 2.93. The Morgan fingerprint density at radius 2 is 2.00 bits per heavy atom. The van der Waals surface area contributed by atoms with E-state index in [1.165, 1.54) is 10.4 Å². The SMILES string of the molecule is CCc1sc(C(=O)NCc2ccc3c(c2)OCCO3)cc1C. The normalized spacial score (nSPS) is 13.0. The average molecular weight is 317 g/mol. The van der Waals surface area contributed by atoms with Gasteiger partial charge in [-0.25, -0.2) is 0 Å². The molecule has 2 heterocycles. The Morgan fingerprint density at radius 1 is 1.23 bits per heavy atom. The fourth-order valence-corrected chi connectivity index (χ4v) is 3.48. The Balaban J connectivity index is 1.65. The molecule has 22 heavy (non-hydrogen) atoms. The molecule has 0 atom stereocenters. The van der Waals surface area contributed by atoms with Crippen LogP contribution in [0.15, 0.2) is 24.3 Å². The smallest absolute Gasteiger partial charge is 0.261 e. The number of amides is 1. The van der Waals surface area contributed by atoms with Crippen molar-refractivity contribution < 1.29 is 14.3 Å². The first kappa shape index (κ1) is 14.9. The number of carbonyl (C=O) groups excluding carboxylic acids is 1. The number of hydrogen-bond acceptors (Lipinski definition) is 4. The van der Waals surface area contributed by atoms with E-state index in [1.807, 2.05) is 31.2 Å². The summed E-state index contributed by atoms with van der Waals surface area (Å²) in [7, 11) is 0. The van der Waals surface area contributed by atoms with Gasteiger partial charge < -0.3 is 14.8 Å². The molecule has 0 saturated carbocycles. The minimum Gasteiger partial charge on any atom is -0.486 e. The van der Waals surface area contributed by atoms with Crippen LogP contribution in [0.25, 0.3) is 0 Å². The lowest BCUT2D eigenvalue weighted by molar-refractivity contribution is 0.0955. The van der Waals surface area contributed by atoms with Crippen molar-refractivity contribution in [1.82, 2.24) is 5.32 Å². The molecule has 0 fully saturated rings. The minimum atomic E-state index is -0.0253. The van der Waals surface area contributed by atoms with Crippen LogP contribution in [0.3, 0.4) is 0 Å². The van der Waals surface area contributed by atoms with Gasteiger partial charge in [-0.3, -0.25) is 4.79 Å². The molecule has 1 aromatic heterocycles. The Hall–Kier alpha value is -2.01. The quantitative estimate of drug-likeness (QED) is 0.941. The van der Waals surface area contributed by atoms with Crippen molar-refractivity contribution in [2.75, 3.05) is 13.2 Å². The molecule has 1 aliphatic heterocycles. The van der Waals surface area contributed by atoms with Gasteiger partial charge in [0.25, 0.3) is 5.91 Å². The zero-order valence-corrected chi connectivity index (χ0v) is 13.6. The second-order valence-electron chi connectivity index (χ2n) is 5.23. The number of nitrogens with one attached hydrogen (secondary N) is 1. The summed E-state index contributed by atoms with van der Waals surface area (Å²) in [6, 6.07) is 7.72. The Kier molecular flexibility index (Phi) is 4.34. The number of ether oxygens (including phenoxy) is 2. The fourth-order valence-electron chi connectivity index (χ4n) is 2.45. The molecule has 4 nitrogen and oxygen atoms in total. The van der Waals surface area contributed by atoms with E-state index in [0.717, 1.165) is 28.4 Å². The van der Waals surface area contributed by atoms with Crippen LogP contribution in [0.2, 0.25) is 0 Å². The van der Waals surface area contributed by atoms with Crippen LogP contribution in [0.5, 0.6) is 11.5 Å². The second-order valence-corrected chi connectivity index (χ2v) is 6.37. The molecule has 116 valence electrons. The van der Waals surface area contributed by atoms with E-state index < -0.39 is 0 Å². The van der Waals surface area contributed by atoms with Crippen molar-refractivity contribution >= 4 is 17.2 Å². The molecule has 0 aliphatic carbocycles. The van der Waals surface area contributed by atoms with E-state index in [2.05, 4.69) is 12.2 Å². The van der Waals surface area contributed by atoms with Gasteiger partial charge in [-0.2, -0.15) is 0 Å². The van der Waals surface area contributed by atoms with E-state index in [1.54, 1.807) is 11.3 Å². The molecule has 1 aliphatic rings. The maximum Gasteiger partial charge on any atom is 0.261 e. The molecule has 1 amide bonds. The van der Waals surface area contributed by atoms with Gasteiger partial charge in [0.15, 0.2) is 11.5 Å². The molecule has 3 rings (SSSR count). The van der Waals surface area contributed by atoms with Gasteiger partial charge in [0.2, 0.25) is 0 Å². The zero-order chi connectivity index (χ0) is 15.5. The predicted molar refractivity (Wildman–Crippen MR) is 87.0 cm³/mol. The van der Waals surface area contributed by atoms with Crippen molar-refractivity contribution in [3.05, 3.63) is 45.1 Å². The zero-order valence-electron chi connectivity index (χ0n) is 12.8. The summed E-state index contributed by atoms with van der Waals surface area (Å²) in [6.45, 7) is 5.79. The van der Waals surface area contributed by atoms with Gasteiger partial charge >= 0.3 is 0 Å². The highest BCUT2D eigenvalue weighted by Crippen LogP contribution is 2.30. The van der Waals surface area contributed by atoms with Gasteiger partial charge in [-0.05, 0) is 42.7 Å². The highest BCUT2D eigenvalue weighted by atomic mass is 32.1. The van der Waals surface area contributed by atoms with Crippen molar-refractivity contribution in [2.24, 2.45) is 0 Å². The molecular formula is C17H19NO3S. The molecule has 0 spiro atoms. The van der Waals surface area contributed by atoms with Crippen LogP contribution in [0.1, 0.15) is 32.6 Å². The fraction of sp³-hybridized carbons (Fsp3) is 0.353. The van der Waals surface area contributed by atoms with Gasteiger partial charge in [-0.1, -0.05) is 13.0 Å². The summed E-state index contributed by atoms with van der Waals surface area (Å²) in [4.78, 5) is 14.3. The molecule has 5 heteroatoms. The maximum absolute atomic E-state index is 12.2. The third kappa shape index (κ3) is 3.09. The summed E-state index contributed by atoms with van der Waals surface area (Å²) in [6.07, 6.45) is 0.964. The molecular weight excluding hydrogens is 298 g/mol. The van der Waals surface area contributed by atoms with Gasteiger partial charge in [0.1, 0.15) is 13.2 Å². The number of benzene rings is 1. The first-order chi connectivity index (χ1) is 10.7.